The molecule has 3 N–H and O–H groups in total. The van der Waals surface area contributed by atoms with E-state index in [0.717, 1.165) is 5.56 Å². The number of aliphatic hydroxyl groups is 1. The Bertz CT molecular complexity index is 562. The fraction of sp³-hybridized carbons (Fsp3) is 0.500. The topological polar surface area (TPSA) is 83.6 Å². The van der Waals surface area contributed by atoms with Gasteiger partial charge in [-0.1, -0.05) is 17.7 Å². The Kier molecular flexibility index (Phi) is 4.47. The van der Waals surface area contributed by atoms with E-state index in [1.54, 1.807) is 12.1 Å². The third-order valence-corrected chi connectivity index (χ3v) is 5.70. The number of rotatable bonds is 4. The zero-order chi connectivity index (χ0) is 14.0. The van der Waals surface area contributed by atoms with Crippen LogP contribution in [0.5, 0.6) is 0 Å². The lowest BCUT2D eigenvalue weighted by Crippen LogP contribution is -2.29. The van der Waals surface area contributed by atoms with Crippen molar-refractivity contribution in [3.05, 3.63) is 28.8 Å². The van der Waals surface area contributed by atoms with Crippen molar-refractivity contribution < 1.29 is 13.5 Å². The highest BCUT2D eigenvalue weighted by Gasteiger charge is 2.33. The lowest BCUT2D eigenvalue weighted by atomic mass is 10.1. The summed E-state index contributed by atoms with van der Waals surface area (Å²) in [6, 6.07) is 4.73. The van der Waals surface area contributed by atoms with E-state index in [2.05, 4.69) is 0 Å². The average molecular weight is 305 g/mol. The van der Waals surface area contributed by atoms with Gasteiger partial charge in [0.15, 0.2) is 0 Å². The first-order valence-electron chi connectivity index (χ1n) is 6.08. The largest absolute Gasteiger partial charge is 0.396 e. The maximum atomic E-state index is 12.4. The summed E-state index contributed by atoms with van der Waals surface area (Å²) in [4.78, 5) is 0.102. The normalized spacial score (nSPS) is 20.9. The number of hydrogen-bond donors (Lipinski definition) is 2. The van der Waals surface area contributed by atoms with Gasteiger partial charge in [0.25, 0.3) is 0 Å². The maximum absolute atomic E-state index is 12.4. The highest BCUT2D eigenvalue weighted by Crippen LogP contribution is 2.29. The van der Waals surface area contributed by atoms with E-state index in [1.165, 1.54) is 10.4 Å². The third-order valence-electron chi connectivity index (χ3n) is 3.36. The van der Waals surface area contributed by atoms with Crippen LogP contribution in [0.3, 0.4) is 0 Å². The Balaban J connectivity index is 2.30. The van der Waals surface area contributed by atoms with Crippen molar-refractivity contribution in [1.29, 1.82) is 0 Å². The fourth-order valence-corrected chi connectivity index (χ4v) is 4.26. The van der Waals surface area contributed by atoms with Crippen molar-refractivity contribution in [2.75, 3.05) is 19.7 Å². The van der Waals surface area contributed by atoms with Gasteiger partial charge in [-0.05, 0) is 30.0 Å². The van der Waals surface area contributed by atoms with E-state index < -0.39 is 10.0 Å². The molecule has 2 rings (SSSR count). The molecule has 1 heterocycles. The molecule has 0 spiro atoms. The van der Waals surface area contributed by atoms with E-state index in [0.29, 0.717) is 26.1 Å². The van der Waals surface area contributed by atoms with Crippen LogP contribution in [0.25, 0.3) is 0 Å². The standard InChI is InChI=1S/C12H17ClN2O3S/c13-11-5-9(6-14)1-2-12(11)19(17,18)15-4-3-10(7-15)8-16/h1-2,5,10,16H,3-4,6-8,14H2. The predicted octanol–water partition coefficient (Wildman–Crippen LogP) is 0.802. The number of aliphatic hydroxyl groups excluding tert-OH is 1. The molecule has 0 radical (unpaired) electrons. The molecule has 0 saturated carbocycles. The van der Waals surface area contributed by atoms with Gasteiger partial charge in [-0.3, -0.25) is 0 Å². The van der Waals surface area contributed by atoms with Crippen LogP contribution in [-0.2, 0) is 16.6 Å². The van der Waals surface area contributed by atoms with E-state index in [-0.39, 0.29) is 22.4 Å². The summed E-state index contributed by atoms with van der Waals surface area (Å²) < 4.78 is 26.3. The molecule has 106 valence electrons. The highest BCUT2D eigenvalue weighted by molar-refractivity contribution is 7.89. The molecule has 0 amide bonds. The quantitative estimate of drug-likeness (QED) is 0.862. The number of nitrogens with two attached hydrogens (primary N) is 1. The van der Waals surface area contributed by atoms with E-state index in [1.807, 2.05) is 0 Å². The molecule has 0 aliphatic carbocycles. The number of nitrogens with zero attached hydrogens (tertiary/aromatic N) is 1. The summed E-state index contributed by atoms with van der Waals surface area (Å²) in [5.74, 6) is 0.0110. The molecule has 1 fully saturated rings. The van der Waals surface area contributed by atoms with Gasteiger partial charge in [-0.2, -0.15) is 4.31 Å². The van der Waals surface area contributed by atoms with Crippen LogP contribution in [0.4, 0.5) is 0 Å². The van der Waals surface area contributed by atoms with Crippen LogP contribution in [0.15, 0.2) is 23.1 Å². The van der Waals surface area contributed by atoms with Crippen molar-refractivity contribution in [1.82, 2.24) is 4.31 Å². The van der Waals surface area contributed by atoms with Crippen LogP contribution >= 0.6 is 11.6 Å². The Labute approximate surface area is 118 Å². The summed E-state index contributed by atoms with van der Waals surface area (Å²) in [6.45, 7) is 1.08. The molecule has 1 aliphatic heterocycles. The van der Waals surface area contributed by atoms with Gasteiger partial charge in [-0.25, -0.2) is 8.42 Å². The Morgan fingerprint density at radius 3 is 2.74 bits per heavy atom. The van der Waals surface area contributed by atoms with Crippen LogP contribution in [-0.4, -0.2) is 37.5 Å². The van der Waals surface area contributed by atoms with E-state index >= 15 is 0 Å². The van der Waals surface area contributed by atoms with Crippen LogP contribution < -0.4 is 5.73 Å². The molecular weight excluding hydrogens is 288 g/mol. The van der Waals surface area contributed by atoms with Crippen LogP contribution in [0, 0.1) is 5.92 Å². The summed E-state index contributed by atoms with van der Waals surface area (Å²) in [5, 5.41) is 9.27. The Hall–Kier alpha value is -0.660. The first-order valence-corrected chi connectivity index (χ1v) is 7.90. The highest BCUT2D eigenvalue weighted by atomic mass is 35.5. The SMILES string of the molecule is NCc1ccc(S(=O)(=O)N2CCC(CO)C2)c(Cl)c1. The molecule has 1 atom stereocenters. The lowest BCUT2D eigenvalue weighted by molar-refractivity contribution is 0.233. The molecule has 0 aromatic heterocycles. The molecule has 1 saturated heterocycles. The van der Waals surface area contributed by atoms with Gasteiger partial charge >= 0.3 is 0 Å². The molecule has 1 aromatic carbocycles. The molecule has 1 unspecified atom stereocenters. The monoisotopic (exact) mass is 304 g/mol. The summed E-state index contributed by atoms with van der Waals surface area (Å²) in [6.07, 6.45) is 0.675. The van der Waals surface area contributed by atoms with Gasteiger partial charge in [0, 0.05) is 26.2 Å². The minimum Gasteiger partial charge on any atom is -0.396 e. The average Bonchev–Trinajstić information content (AvgIpc) is 2.87. The molecule has 7 heteroatoms. The Morgan fingerprint density at radius 1 is 1.47 bits per heavy atom. The number of halogens is 1. The smallest absolute Gasteiger partial charge is 0.244 e. The van der Waals surface area contributed by atoms with Gasteiger partial charge in [0.05, 0.1) is 5.02 Å². The second-order valence-electron chi connectivity index (χ2n) is 4.67. The zero-order valence-electron chi connectivity index (χ0n) is 10.4. The molecule has 5 nitrogen and oxygen atoms in total. The third kappa shape index (κ3) is 2.93. The molecule has 0 bridgehead atoms. The van der Waals surface area contributed by atoms with Gasteiger partial charge < -0.3 is 10.8 Å². The predicted molar refractivity (Wildman–Crippen MR) is 73.3 cm³/mol. The lowest BCUT2D eigenvalue weighted by Gasteiger charge is -2.17. The summed E-state index contributed by atoms with van der Waals surface area (Å²) in [7, 11) is -3.59. The van der Waals surface area contributed by atoms with Crippen molar-refractivity contribution in [3.8, 4) is 0 Å². The zero-order valence-corrected chi connectivity index (χ0v) is 12.0. The molecular formula is C12H17ClN2O3S. The maximum Gasteiger partial charge on any atom is 0.244 e. The Morgan fingerprint density at radius 2 is 2.21 bits per heavy atom. The van der Waals surface area contributed by atoms with Crippen molar-refractivity contribution >= 4 is 21.6 Å². The summed E-state index contributed by atoms with van der Waals surface area (Å²) >= 11 is 6.03. The van der Waals surface area contributed by atoms with Gasteiger partial charge in [-0.15, -0.1) is 0 Å². The number of sulfonamides is 1. The van der Waals surface area contributed by atoms with Crippen LogP contribution in [0.1, 0.15) is 12.0 Å². The van der Waals surface area contributed by atoms with E-state index in [4.69, 9.17) is 22.4 Å². The number of hydrogen-bond acceptors (Lipinski definition) is 4. The van der Waals surface area contributed by atoms with Crippen molar-refractivity contribution in [3.63, 3.8) is 0 Å². The van der Waals surface area contributed by atoms with E-state index in [9.17, 15) is 8.42 Å². The van der Waals surface area contributed by atoms with Gasteiger partial charge in [0.1, 0.15) is 4.90 Å². The first-order chi connectivity index (χ1) is 8.98. The minimum absolute atomic E-state index is 0.00582. The second-order valence-corrected chi connectivity index (χ2v) is 6.98. The molecule has 19 heavy (non-hydrogen) atoms. The molecule has 1 aliphatic rings. The van der Waals surface area contributed by atoms with Gasteiger partial charge in [0.2, 0.25) is 10.0 Å². The van der Waals surface area contributed by atoms with Crippen molar-refractivity contribution in [2.24, 2.45) is 11.7 Å². The second kappa shape index (κ2) is 5.76. The fourth-order valence-electron chi connectivity index (χ4n) is 2.18. The first kappa shape index (κ1) is 14.7. The van der Waals surface area contributed by atoms with Crippen molar-refractivity contribution in [2.45, 2.75) is 17.9 Å². The van der Waals surface area contributed by atoms with Crippen LogP contribution in [0.2, 0.25) is 5.02 Å². The number of benzene rings is 1. The summed E-state index contributed by atoms with van der Waals surface area (Å²) in [5.41, 5.74) is 6.28. The molecule has 1 aromatic rings. The minimum atomic E-state index is -3.59.